The van der Waals surface area contributed by atoms with Crippen LogP contribution >= 0.6 is 24.8 Å². The van der Waals surface area contributed by atoms with Crippen LogP contribution in [-0.4, -0.2) is 99.1 Å². The second-order valence-electron chi connectivity index (χ2n) is 8.81. The molecule has 8 heteroatoms. The lowest BCUT2D eigenvalue weighted by Crippen LogP contribution is -2.42. The van der Waals surface area contributed by atoms with Crippen molar-refractivity contribution in [3.8, 4) is 5.75 Å². The first-order valence-electron chi connectivity index (χ1n) is 10.6. The molecule has 0 aliphatic carbocycles. The highest BCUT2D eigenvalue weighted by Gasteiger charge is 2.47. The van der Waals surface area contributed by atoms with Gasteiger partial charge in [-0.2, -0.15) is 0 Å². The van der Waals surface area contributed by atoms with Crippen molar-refractivity contribution >= 4 is 30.7 Å². The van der Waals surface area contributed by atoms with Gasteiger partial charge in [-0.15, -0.1) is 24.8 Å². The number of fused-ring (bicyclic) bond motifs is 1. The van der Waals surface area contributed by atoms with Gasteiger partial charge in [0.15, 0.2) is 0 Å². The number of nitrogens with zero attached hydrogens (tertiary/aromatic N) is 4. The van der Waals surface area contributed by atoms with Crippen molar-refractivity contribution in [1.29, 1.82) is 0 Å². The number of halogens is 2. The largest absolute Gasteiger partial charge is 0.497 e. The summed E-state index contributed by atoms with van der Waals surface area (Å²) in [7, 11) is 6.09. The highest BCUT2D eigenvalue weighted by atomic mass is 35.5. The molecular weight excluding hydrogens is 423 g/mol. The first-order chi connectivity index (χ1) is 13.5. The third-order valence-corrected chi connectivity index (χ3v) is 6.88. The van der Waals surface area contributed by atoms with Crippen LogP contribution in [0.1, 0.15) is 18.0 Å². The Hall–Kier alpha value is -1.05. The normalized spacial score (nSPS) is 27.7. The van der Waals surface area contributed by atoms with Crippen LogP contribution in [0.4, 0.5) is 0 Å². The van der Waals surface area contributed by atoms with Gasteiger partial charge in [0.2, 0.25) is 5.91 Å². The number of ether oxygens (including phenoxy) is 1. The molecule has 30 heavy (non-hydrogen) atoms. The lowest BCUT2D eigenvalue weighted by atomic mass is 9.89. The van der Waals surface area contributed by atoms with Gasteiger partial charge >= 0.3 is 0 Å². The van der Waals surface area contributed by atoms with Crippen molar-refractivity contribution in [2.75, 3.05) is 73.6 Å². The van der Waals surface area contributed by atoms with Crippen LogP contribution in [0.2, 0.25) is 0 Å². The maximum atomic E-state index is 13.0. The molecule has 4 rings (SSSR count). The predicted molar refractivity (Wildman–Crippen MR) is 125 cm³/mol. The lowest BCUT2D eigenvalue weighted by molar-refractivity contribution is -0.131. The number of carbonyl (C=O) groups excluding carboxylic acids is 1. The number of likely N-dealkylation sites (tertiary alicyclic amines) is 2. The van der Waals surface area contributed by atoms with Crippen LogP contribution in [0.25, 0.3) is 0 Å². The van der Waals surface area contributed by atoms with Crippen molar-refractivity contribution in [2.24, 2.45) is 11.8 Å². The fourth-order valence-corrected chi connectivity index (χ4v) is 5.31. The summed E-state index contributed by atoms with van der Waals surface area (Å²) in [6.45, 7) is 7.67. The van der Waals surface area contributed by atoms with E-state index in [1.165, 1.54) is 5.56 Å². The molecule has 0 aromatic heterocycles. The number of benzene rings is 1. The van der Waals surface area contributed by atoms with Gasteiger partial charge in [-0.1, -0.05) is 12.1 Å². The van der Waals surface area contributed by atoms with Crippen LogP contribution in [0.5, 0.6) is 5.75 Å². The van der Waals surface area contributed by atoms with Crippen molar-refractivity contribution in [3.63, 3.8) is 0 Å². The molecule has 0 N–H and O–H groups in total. The molecule has 3 saturated heterocycles. The van der Waals surface area contributed by atoms with Crippen LogP contribution in [-0.2, 0) is 4.79 Å². The third kappa shape index (κ3) is 5.40. The number of methoxy groups -OCH3 is 1. The molecule has 3 aliphatic heterocycles. The average Bonchev–Trinajstić information content (AvgIpc) is 3.15. The minimum atomic E-state index is 0. The number of likely N-dealkylation sites (N-methyl/N-ethyl adjacent to an activating group) is 1. The number of hydrogen-bond acceptors (Lipinski definition) is 5. The standard InChI is InChI=1S/C22H34N4O2.2ClH/c1-23-9-4-10-25(12-11-23)16-21(27)26-14-18-13-24(2)22(20(18)15-26)17-5-7-19(28-3)8-6-17;;/h5-8,18,20,22H,4,9-16H2,1-3H3;2*1H/t18-,20+,22-;;/m0../s1. The first kappa shape index (κ1) is 25.2. The smallest absolute Gasteiger partial charge is 0.236 e. The molecule has 0 unspecified atom stereocenters. The van der Waals surface area contributed by atoms with Gasteiger partial charge < -0.3 is 14.5 Å². The second kappa shape index (κ2) is 11.0. The van der Waals surface area contributed by atoms with Gasteiger partial charge in [-0.3, -0.25) is 14.6 Å². The van der Waals surface area contributed by atoms with E-state index in [1.54, 1.807) is 7.11 Å². The van der Waals surface area contributed by atoms with Gasteiger partial charge in [0.05, 0.1) is 13.7 Å². The average molecular weight is 459 g/mol. The molecule has 0 saturated carbocycles. The van der Waals surface area contributed by atoms with E-state index < -0.39 is 0 Å². The molecule has 0 bridgehead atoms. The zero-order chi connectivity index (χ0) is 19.7. The Balaban J connectivity index is 0.00000160. The fourth-order valence-electron chi connectivity index (χ4n) is 5.31. The minimum Gasteiger partial charge on any atom is -0.497 e. The molecule has 0 radical (unpaired) electrons. The summed E-state index contributed by atoms with van der Waals surface area (Å²) in [6, 6.07) is 8.84. The molecule has 0 spiro atoms. The van der Waals surface area contributed by atoms with Gasteiger partial charge in [0, 0.05) is 44.7 Å². The Morgan fingerprint density at radius 2 is 1.73 bits per heavy atom. The molecule has 6 nitrogen and oxygen atoms in total. The van der Waals surface area contributed by atoms with E-state index in [2.05, 4.69) is 45.8 Å². The van der Waals surface area contributed by atoms with Gasteiger partial charge in [0.1, 0.15) is 5.75 Å². The summed E-state index contributed by atoms with van der Waals surface area (Å²) in [6.07, 6.45) is 1.15. The second-order valence-corrected chi connectivity index (χ2v) is 8.81. The zero-order valence-corrected chi connectivity index (χ0v) is 20.0. The van der Waals surface area contributed by atoms with Crippen molar-refractivity contribution in [3.05, 3.63) is 29.8 Å². The van der Waals surface area contributed by atoms with Crippen LogP contribution in [0, 0.1) is 11.8 Å². The number of amides is 1. The number of carbonyl (C=O) groups is 1. The highest BCUT2D eigenvalue weighted by molar-refractivity contribution is 5.85. The Kier molecular flexibility index (Phi) is 9.25. The van der Waals surface area contributed by atoms with E-state index in [0.29, 0.717) is 30.3 Å². The molecule has 170 valence electrons. The Labute approximate surface area is 193 Å². The molecule has 1 amide bonds. The molecule has 3 fully saturated rings. The van der Waals surface area contributed by atoms with Gasteiger partial charge in [0.25, 0.3) is 0 Å². The summed E-state index contributed by atoms with van der Waals surface area (Å²) in [5.41, 5.74) is 1.33. The van der Waals surface area contributed by atoms with Gasteiger partial charge in [-0.25, -0.2) is 0 Å². The summed E-state index contributed by atoms with van der Waals surface area (Å²) in [5, 5.41) is 0. The monoisotopic (exact) mass is 458 g/mol. The summed E-state index contributed by atoms with van der Waals surface area (Å²) in [5.74, 6) is 2.32. The predicted octanol–water partition coefficient (Wildman–Crippen LogP) is 2.24. The van der Waals surface area contributed by atoms with E-state index in [-0.39, 0.29) is 24.8 Å². The summed E-state index contributed by atoms with van der Waals surface area (Å²) >= 11 is 0. The Bertz CT molecular complexity index is 690. The zero-order valence-electron chi connectivity index (χ0n) is 18.3. The van der Waals surface area contributed by atoms with Crippen LogP contribution < -0.4 is 4.74 Å². The number of rotatable bonds is 4. The van der Waals surface area contributed by atoms with Gasteiger partial charge in [-0.05, 0) is 57.2 Å². The molecular formula is C22H36Cl2N4O2. The lowest BCUT2D eigenvalue weighted by Gasteiger charge is -2.28. The molecule has 3 atom stereocenters. The van der Waals surface area contributed by atoms with E-state index in [9.17, 15) is 4.79 Å². The van der Waals surface area contributed by atoms with E-state index in [1.807, 2.05) is 12.1 Å². The van der Waals surface area contributed by atoms with Crippen molar-refractivity contribution in [1.82, 2.24) is 19.6 Å². The quantitative estimate of drug-likeness (QED) is 0.691. The highest BCUT2D eigenvalue weighted by Crippen LogP contribution is 2.44. The summed E-state index contributed by atoms with van der Waals surface area (Å²) < 4.78 is 5.31. The van der Waals surface area contributed by atoms with Crippen LogP contribution in [0.15, 0.2) is 24.3 Å². The van der Waals surface area contributed by atoms with Crippen molar-refractivity contribution in [2.45, 2.75) is 12.5 Å². The van der Waals surface area contributed by atoms with Crippen LogP contribution in [0.3, 0.4) is 0 Å². The molecule has 3 heterocycles. The summed E-state index contributed by atoms with van der Waals surface area (Å²) in [4.78, 5) is 22.3. The minimum absolute atomic E-state index is 0. The van der Waals surface area contributed by atoms with E-state index >= 15 is 0 Å². The third-order valence-electron chi connectivity index (χ3n) is 6.88. The van der Waals surface area contributed by atoms with E-state index in [0.717, 1.165) is 58.0 Å². The molecule has 1 aromatic carbocycles. The van der Waals surface area contributed by atoms with E-state index in [4.69, 9.17) is 4.74 Å². The Morgan fingerprint density at radius 1 is 1.00 bits per heavy atom. The SMILES string of the molecule is COc1ccc([C@H]2[C@@H]3CN(C(=O)CN4CCCN(C)CC4)C[C@@H]3CN2C)cc1.Cl.Cl. The maximum Gasteiger partial charge on any atom is 0.236 e. The topological polar surface area (TPSA) is 39.3 Å². The first-order valence-corrected chi connectivity index (χ1v) is 10.6. The molecule has 3 aliphatic rings. The molecule has 1 aromatic rings. The number of hydrogen-bond donors (Lipinski definition) is 0. The fraction of sp³-hybridized carbons (Fsp3) is 0.682. The van der Waals surface area contributed by atoms with Crippen molar-refractivity contribution < 1.29 is 9.53 Å². The Morgan fingerprint density at radius 3 is 2.43 bits per heavy atom. The maximum absolute atomic E-state index is 13.0.